The van der Waals surface area contributed by atoms with Gasteiger partial charge in [0.15, 0.2) is 17.0 Å². The normalized spacial score (nSPS) is 10.6. The van der Waals surface area contributed by atoms with Crippen molar-refractivity contribution < 1.29 is 42.6 Å². The fourth-order valence-electron chi connectivity index (χ4n) is 5.45. The number of para-hydroxylation sites is 3. The first-order valence-corrected chi connectivity index (χ1v) is 19.3. The number of carboxylic acids is 2. The molecule has 0 radical (unpaired) electrons. The molecular formula is C41H30BrFN4O8S2. The number of aromatic carboxylic acids is 2. The minimum Gasteiger partial charge on any atom is -0.478 e. The van der Waals surface area contributed by atoms with E-state index in [1.807, 2.05) is 61.7 Å². The lowest BCUT2D eigenvalue weighted by atomic mass is 10.0. The number of fused-ring (bicyclic) bond motifs is 2. The van der Waals surface area contributed by atoms with Crippen LogP contribution in [-0.2, 0) is 0 Å². The number of aromatic nitrogens is 2. The van der Waals surface area contributed by atoms with Gasteiger partial charge in [-0.3, -0.25) is 9.59 Å². The zero-order valence-electron chi connectivity index (χ0n) is 30.1. The van der Waals surface area contributed by atoms with Crippen molar-refractivity contribution in [2.45, 2.75) is 13.8 Å². The predicted octanol–water partition coefficient (Wildman–Crippen LogP) is 10.8. The molecule has 16 heteroatoms. The van der Waals surface area contributed by atoms with Gasteiger partial charge in [0.05, 0.1) is 21.1 Å². The maximum Gasteiger partial charge on any atom is 0.339 e. The lowest BCUT2D eigenvalue weighted by Gasteiger charge is -2.06. The van der Waals surface area contributed by atoms with E-state index in [2.05, 4.69) is 36.5 Å². The average molecular weight is 870 g/mol. The number of aryl methyl sites for hydroxylation is 2. The van der Waals surface area contributed by atoms with E-state index < -0.39 is 23.7 Å². The quantitative estimate of drug-likeness (QED) is 0.107. The van der Waals surface area contributed by atoms with E-state index >= 15 is 0 Å². The Bertz CT molecular complexity index is 2740. The molecule has 0 aliphatic carbocycles. The molecule has 8 aromatic rings. The van der Waals surface area contributed by atoms with Crippen LogP contribution in [0.3, 0.4) is 0 Å². The van der Waals surface area contributed by atoms with Crippen molar-refractivity contribution in [3.05, 3.63) is 140 Å². The monoisotopic (exact) mass is 868 g/mol. The molecule has 4 aromatic heterocycles. The Hall–Kier alpha value is -6.49. The van der Waals surface area contributed by atoms with E-state index in [0.717, 1.165) is 31.6 Å². The van der Waals surface area contributed by atoms with Crippen LogP contribution in [0.4, 0.5) is 15.8 Å². The van der Waals surface area contributed by atoms with E-state index in [1.54, 1.807) is 42.8 Å². The zero-order valence-corrected chi connectivity index (χ0v) is 33.3. The van der Waals surface area contributed by atoms with Crippen LogP contribution in [0.15, 0.2) is 109 Å². The summed E-state index contributed by atoms with van der Waals surface area (Å²) < 4.78 is 24.2. The maximum absolute atomic E-state index is 12.9. The van der Waals surface area contributed by atoms with Crippen LogP contribution in [0.5, 0.6) is 0 Å². The third-order valence-corrected chi connectivity index (χ3v) is 11.0. The van der Waals surface area contributed by atoms with Crippen LogP contribution >= 0.6 is 38.6 Å². The Morgan fingerprint density at radius 3 is 2.04 bits per heavy atom. The van der Waals surface area contributed by atoms with Gasteiger partial charge in [-0.2, -0.15) is 0 Å². The van der Waals surface area contributed by atoms with Gasteiger partial charge in [0.1, 0.15) is 22.2 Å². The summed E-state index contributed by atoms with van der Waals surface area (Å²) in [6.45, 7) is 3.97. The van der Waals surface area contributed by atoms with Crippen molar-refractivity contribution in [3.63, 3.8) is 0 Å². The van der Waals surface area contributed by atoms with Crippen LogP contribution in [0.2, 0.25) is 0 Å². The van der Waals surface area contributed by atoms with Gasteiger partial charge in [0.25, 0.3) is 11.8 Å². The van der Waals surface area contributed by atoms with Gasteiger partial charge < -0.3 is 29.7 Å². The van der Waals surface area contributed by atoms with Gasteiger partial charge in [-0.25, -0.2) is 23.9 Å². The molecule has 4 N–H and O–H groups in total. The molecule has 0 fully saturated rings. The predicted molar refractivity (Wildman–Crippen MR) is 221 cm³/mol. The van der Waals surface area contributed by atoms with Crippen LogP contribution < -0.4 is 10.6 Å². The molecule has 4 aromatic carbocycles. The molecule has 0 atom stereocenters. The summed E-state index contributed by atoms with van der Waals surface area (Å²) in [5, 5.41) is 27.9. The molecule has 0 aliphatic rings. The van der Waals surface area contributed by atoms with Gasteiger partial charge in [-0.05, 0) is 72.5 Å². The van der Waals surface area contributed by atoms with Crippen molar-refractivity contribution >= 4 is 96.3 Å². The van der Waals surface area contributed by atoms with Gasteiger partial charge in [-0.15, -0.1) is 22.7 Å². The van der Waals surface area contributed by atoms with E-state index in [1.165, 1.54) is 34.8 Å². The Morgan fingerprint density at radius 2 is 1.40 bits per heavy atom. The molecule has 288 valence electrons. The number of amides is 1. The third kappa shape index (κ3) is 8.99. The number of aldehydes is 1. The highest BCUT2D eigenvalue weighted by Crippen LogP contribution is 2.38. The molecule has 1 amide bonds. The van der Waals surface area contributed by atoms with Crippen LogP contribution in [0.1, 0.15) is 53.2 Å². The Balaban J connectivity index is 0.000000160. The summed E-state index contributed by atoms with van der Waals surface area (Å²) in [5.41, 5.74) is 6.61. The van der Waals surface area contributed by atoms with Crippen molar-refractivity contribution in [1.29, 1.82) is 0 Å². The minimum absolute atomic E-state index is 0.0534. The summed E-state index contributed by atoms with van der Waals surface area (Å²) in [7, 11) is 1.72. The zero-order chi connectivity index (χ0) is 40.8. The topological polar surface area (TPSA) is 185 Å². The first-order valence-electron chi connectivity index (χ1n) is 16.8. The van der Waals surface area contributed by atoms with E-state index in [4.69, 9.17) is 8.83 Å². The summed E-state index contributed by atoms with van der Waals surface area (Å²) >= 11 is 6.06. The summed E-state index contributed by atoms with van der Waals surface area (Å²) in [6.07, 6.45) is 0.444. The Kier molecular flexibility index (Phi) is 12.4. The molecule has 12 nitrogen and oxygen atoms in total. The van der Waals surface area contributed by atoms with E-state index in [-0.39, 0.29) is 34.1 Å². The number of hydrogen-bond donors (Lipinski definition) is 4. The van der Waals surface area contributed by atoms with Crippen molar-refractivity contribution in [3.8, 4) is 20.9 Å². The number of benzene rings is 4. The molecule has 0 unspecified atom stereocenters. The third-order valence-electron chi connectivity index (χ3n) is 8.38. The van der Waals surface area contributed by atoms with Gasteiger partial charge in [0.2, 0.25) is 6.29 Å². The number of carboxylic acid groups (broad SMARTS) is 2. The van der Waals surface area contributed by atoms with E-state index in [0.29, 0.717) is 33.5 Å². The molecule has 4 heterocycles. The molecular weight excluding hydrogens is 840 g/mol. The number of halogens is 2. The lowest BCUT2D eigenvalue weighted by Crippen LogP contribution is -2.14. The highest BCUT2D eigenvalue weighted by atomic mass is 79.9. The van der Waals surface area contributed by atoms with Crippen LogP contribution in [0.25, 0.3) is 43.1 Å². The molecule has 8 rings (SSSR count). The number of carbonyl (C=O) groups is 4. The highest BCUT2D eigenvalue weighted by molar-refractivity contribution is 9.10. The summed E-state index contributed by atoms with van der Waals surface area (Å²) in [6, 6.07) is 24.7. The number of hydrogen-bond acceptors (Lipinski definition) is 11. The van der Waals surface area contributed by atoms with Gasteiger partial charge in [-0.1, -0.05) is 64.5 Å². The molecule has 57 heavy (non-hydrogen) atoms. The van der Waals surface area contributed by atoms with Crippen molar-refractivity contribution in [2.24, 2.45) is 0 Å². The number of nitrogens with zero attached hydrogens (tertiary/aromatic N) is 2. The largest absolute Gasteiger partial charge is 0.478 e. The second-order valence-corrected chi connectivity index (χ2v) is 14.7. The minimum atomic E-state index is -1.11. The second kappa shape index (κ2) is 17.5. The van der Waals surface area contributed by atoms with Gasteiger partial charge >= 0.3 is 17.8 Å². The Morgan fingerprint density at radius 1 is 0.772 bits per heavy atom. The lowest BCUT2D eigenvalue weighted by molar-refractivity contribution is 0.0688. The number of thiophene rings is 2. The average Bonchev–Trinajstić information content (AvgIpc) is 4.01. The van der Waals surface area contributed by atoms with Crippen LogP contribution in [-0.4, -0.2) is 51.4 Å². The Labute approximate surface area is 339 Å². The number of anilines is 2. The molecule has 0 spiro atoms. The van der Waals surface area contributed by atoms with Crippen LogP contribution in [0, 0.1) is 19.7 Å². The first kappa shape index (κ1) is 40.2. The second-order valence-electron chi connectivity index (χ2n) is 12.1. The SMILES string of the molecule is CNc1csc(-c2ccc(Br)cc2)c1C(=O)O.Cc1ccc(-c2scc(NC(=O)c3nc4ccccc4o3)c2C(=O)O)cc1C.O=Cc1nc2c(F)cccc2o1. The van der Waals surface area contributed by atoms with Crippen molar-refractivity contribution in [2.75, 3.05) is 17.7 Å². The number of rotatable bonds is 8. The molecule has 0 saturated heterocycles. The smallest absolute Gasteiger partial charge is 0.339 e. The fraction of sp³-hybridized carbons (Fsp3) is 0.0732. The standard InChI is InChI=1S/C21H16N2O4S.C12H10BrNO2S.C8H4FNO2/c1-11-7-8-13(9-12(11)2)18-17(21(25)26)15(10-28-18)22-19(24)20-23-14-5-3-4-6-16(14)27-20;1-14-9-6-17-11(10(9)12(15)16)7-2-4-8(13)5-3-7;9-5-2-1-3-6-8(5)10-7(4-11)12-6/h3-10H,1-2H3,(H,22,24)(H,25,26);2-6,14H,1H3,(H,15,16);1-4H. The maximum atomic E-state index is 12.9. The molecule has 0 saturated carbocycles. The van der Waals surface area contributed by atoms with Crippen molar-refractivity contribution in [1.82, 2.24) is 9.97 Å². The number of oxazole rings is 2. The highest BCUT2D eigenvalue weighted by Gasteiger charge is 2.24. The summed E-state index contributed by atoms with van der Waals surface area (Å²) in [5.74, 6) is -3.31. The number of nitrogens with one attached hydrogen (secondary N) is 2. The summed E-state index contributed by atoms with van der Waals surface area (Å²) in [4.78, 5) is 55.0. The fourth-order valence-corrected chi connectivity index (χ4v) is 7.77. The molecule has 0 aliphatic heterocycles. The van der Waals surface area contributed by atoms with Gasteiger partial charge in [0, 0.05) is 22.3 Å². The number of carbonyl (C=O) groups excluding carboxylic acids is 2. The molecule has 0 bridgehead atoms. The van der Waals surface area contributed by atoms with E-state index in [9.17, 15) is 33.8 Å². The first-order chi connectivity index (χ1) is 27.4.